The number of ether oxygens (including phenoxy) is 6. The zero-order valence-electron chi connectivity index (χ0n) is 40.2. The maximum absolute atomic E-state index is 15.7. The monoisotopic (exact) mass is 991 g/mol. The van der Waals surface area contributed by atoms with Crippen LogP contribution in [0, 0.1) is 16.7 Å². The van der Waals surface area contributed by atoms with Crippen LogP contribution in [0.15, 0.2) is 102 Å². The van der Waals surface area contributed by atoms with Crippen LogP contribution in [-0.4, -0.2) is 123 Å². The molecule has 19 nitrogen and oxygen atoms in total. The maximum atomic E-state index is 15.7. The quantitative estimate of drug-likeness (QED) is 0.0638. The van der Waals surface area contributed by atoms with E-state index in [0.717, 1.165) is 13.8 Å². The fourth-order valence-corrected chi connectivity index (χ4v) is 10.7. The van der Waals surface area contributed by atoms with Crippen LogP contribution in [0.3, 0.4) is 0 Å². The molecule has 3 fully saturated rings. The van der Waals surface area contributed by atoms with Crippen molar-refractivity contribution < 1.29 is 117 Å². The molecular formula is C51H54NNaO18. The molecule has 2 saturated carbocycles. The second-order valence-electron chi connectivity index (χ2n) is 18.9. The number of carboxylic acids is 1. The number of Topliss-reactive ketones (excluding diaryl/α,β-unsaturated/α-hetero) is 1. The van der Waals surface area contributed by atoms with Gasteiger partial charge in [0.2, 0.25) is 6.10 Å². The van der Waals surface area contributed by atoms with Gasteiger partial charge in [-0.05, 0) is 54.8 Å². The molecule has 7 rings (SSSR count). The molecule has 20 heteroatoms. The van der Waals surface area contributed by atoms with Gasteiger partial charge in [0.25, 0.3) is 5.91 Å². The number of nitrogens with one attached hydrogen (secondary N) is 1. The number of amides is 1. The van der Waals surface area contributed by atoms with Crippen molar-refractivity contribution in [3.63, 3.8) is 0 Å². The summed E-state index contributed by atoms with van der Waals surface area (Å²) in [5.41, 5.74) is -8.14. The Bertz CT molecular complexity index is 2590. The van der Waals surface area contributed by atoms with Crippen molar-refractivity contribution in [3.8, 4) is 0 Å². The van der Waals surface area contributed by atoms with E-state index < -0.39 is 137 Å². The molecule has 2 unspecified atom stereocenters. The summed E-state index contributed by atoms with van der Waals surface area (Å²) in [7, 11) is 0. The minimum Gasteiger partial charge on any atom is -0.547 e. The normalized spacial score (nSPS) is 29.5. The first kappa shape index (κ1) is 54.5. The van der Waals surface area contributed by atoms with Gasteiger partial charge in [-0.3, -0.25) is 24.0 Å². The number of fused-ring (bicyclic) bond motifs is 5. The summed E-state index contributed by atoms with van der Waals surface area (Å²) in [6.45, 7) is 7.51. The van der Waals surface area contributed by atoms with Crippen molar-refractivity contribution >= 4 is 47.5 Å². The van der Waals surface area contributed by atoms with Gasteiger partial charge in [-0.25, -0.2) is 9.59 Å². The molecule has 1 aliphatic heterocycles. The predicted octanol–water partition coefficient (Wildman–Crippen LogP) is -1.21. The van der Waals surface area contributed by atoms with Crippen LogP contribution in [0.1, 0.15) is 93.1 Å². The zero-order chi connectivity index (χ0) is 51.1. The fourth-order valence-electron chi connectivity index (χ4n) is 10.7. The Labute approximate surface area is 430 Å². The number of carbonyl (C=O) groups excluding carboxylic acids is 8. The van der Waals surface area contributed by atoms with Crippen LogP contribution in [0.4, 0.5) is 0 Å². The van der Waals surface area contributed by atoms with E-state index in [0.29, 0.717) is 0 Å². The number of rotatable bonds is 14. The second-order valence-corrected chi connectivity index (χ2v) is 18.9. The number of esters is 5. The Morgan fingerprint density at radius 2 is 1.42 bits per heavy atom. The summed E-state index contributed by atoms with van der Waals surface area (Å²) >= 11 is 0. The van der Waals surface area contributed by atoms with Crippen molar-refractivity contribution in [3.05, 3.63) is 119 Å². The van der Waals surface area contributed by atoms with Gasteiger partial charge in [0, 0.05) is 37.7 Å². The van der Waals surface area contributed by atoms with Crippen LogP contribution in [-0.2, 0) is 57.2 Å². The maximum Gasteiger partial charge on any atom is 1.00 e. The number of carbonyl (C=O) groups is 8. The third-order valence-corrected chi connectivity index (χ3v) is 14.3. The summed E-state index contributed by atoms with van der Waals surface area (Å²) in [4.78, 5) is 110. The van der Waals surface area contributed by atoms with Gasteiger partial charge < -0.3 is 59.0 Å². The second kappa shape index (κ2) is 21.1. The predicted molar refractivity (Wildman–Crippen MR) is 237 cm³/mol. The van der Waals surface area contributed by atoms with Crippen molar-refractivity contribution in [1.82, 2.24) is 5.32 Å². The molecule has 3 aromatic rings. The van der Waals surface area contributed by atoms with E-state index in [1.807, 2.05) is 0 Å². The van der Waals surface area contributed by atoms with Crippen molar-refractivity contribution in [2.24, 2.45) is 16.7 Å². The van der Waals surface area contributed by atoms with Crippen LogP contribution >= 0.6 is 0 Å². The van der Waals surface area contributed by atoms with E-state index in [1.165, 1.54) is 64.1 Å². The topological polar surface area (TPSA) is 288 Å². The summed E-state index contributed by atoms with van der Waals surface area (Å²) in [6, 6.07) is 21.5. The molecule has 2 bridgehead atoms. The molecule has 0 spiro atoms. The zero-order valence-corrected chi connectivity index (χ0v) is 42.2. The SMILES string of the molecule is CC(=O)O[C@H]1C(=O)[C@@]2(C)C(C(OC(=O)c3ccccc3)[C@]3(O)C[C@H](OC(=O)[C@H](OC(=O)C[C@H](O)C(=O)[O-])[C@@H](NC(=O)c4ccccc4)c4ccccc4)C(C)=C1C3(C)C)[C@]1(OC(C)=O)CO[C@@H]1C[C@@H]2O.[Na+]. The number of ketones is 1. The molecule has 0 aromatic heterocycles. The van der Waals surface area contributed by atoms with Gasteiger partial charge in [-0.15, -0.1) is 0 Å². The van der Waals surface area contributed by atoms with Crippen LogP contribution in [0.5, 0.6) is 0 Å². The van der Waals surface area contributed by atoms with Gasteiger partial charge >= 0.3 is 59.4 Å². The molecule has 1 amide bonds. The number of aliphatic carboxylic acids is 1. The summed E-state index contributed by atoms with van der Waals surface area (Å²) in [6.07, 6.45) is -15.1. The van der Waals surface area contributed by atoms with E-state index in [-0.39, 0.29) is 70.4 Å². The first-order valence-electron chi connectivity index (χ1n) is 22.6. The summed E-state index contributed by atoms with van der Waals surface area (Å²) in [5.74, 6) is -11.1. The van der Waals surface area contributed by atoms with E-state index in [9.17, 15) is 49.2 Å². The van der Waals surface area contributed by atoms with Gasteiger partial charge in [-0.2, -0.15) is 0 Å². The summed E-state index contributed by atoms with van der Waals surface area (Å²) in [5, 5.41) is 50.3. The number of benzene rings is 3. The molecule has 4 N–H and O–H groups in total. The van der Waals surface area contributed by atoms with E-state index in [2.05, 4.69) is 5.32 Å². The number of hydrogen-bond acceptors (Lipinski definition) is 18. The molecule has 4 aliphatic rings. The third kappa shape index (κ3) is 10.1. The van der Waals surface area contributed by atoms with Gasteiger partial charge in [0.1, 0.15) is 36.1 Å². The van der Waals surface area contributed by atoms with Gasteiger partial charge in [-0.1, -0.05) is 80.6 Å². The average molecular weight is 992 g/mol. The third-order valence-electron chi connectivity index (χ3n) is 14.3. The average Bonchev–Trinajstić information content (AvgIpc) is 3.31. The number of aliphatic hydroxyl groups excluding tert-OH is 2. The molecule has 71 heavy (non-hydrogen) atoms. The fraction of sp³-hybridized carbons (Fsp3) is 0.451. The van der Waals surface area contributed by atoms with E-state index in [4.69, 9.17) is 28.4 Å². The van der Waals surface area contributed by atoms with Crippen LogP contribution < -0.4 is 40.0 Å². The Morgan fingerprint density at radius 1 is 0.845 bits per heavy atom. The molecule has 3 aliphatic carbocycles. The number of hydrogen-bond donors (Lipinski definition) is 4. The van der Waals surface area contributed by atoms with Crippen molar-refractivity contribution in [2.45, 2.75) is 121 Å². The molecule has 12 atom stereocenters. The molecule has 372 valence electrons. The standard InChI is InChI=1S/C51H55NO18.Na/c1-26-33(67-47(63)40(68-36(57)22-32(55)45(60)61)38(29-16-10-7-11-17-29)52-44(59)30-18-12-8-13-19-30)24-51(64)43(69-46(62)31-20-14-9-15-21-31)41-49(6,34(56)23-35-50(41,25-65-35)70-28(3)54)42(58)39(66-27(2)53)37(26)48(51,4)5;/h7-21,32-35,38-41,43,55-56,64H,22-25H2,1-6H3,(H,52,59)(H,60,61);/q;+1/p-1/t32-,33-,34-,35+,38-,39+,40+,41?,43?,49+,50-,51+;/m0./s1. The van der Waals surface area contributed by atoms with Crippen LogP contribution in [0.2, 0.25) is 0 Å². The molecule has 1 saturated heterocycles. The van der Waals surface area contributed by atoms with E-state index >= 15 is 9.59 Å². The van der Waals surface area contributed by atoms with Gasteiger partial charge in [0.15, 0.2) is 17.5 Å². The van der Waals surface area contributed by atoms with Crippen molar-refractivity contribution in [1.29, 1.82) is 0 Å². The number of aliphatic hydroxyl groups is 3. The van der Waals surface area contributed by atoms with Gasteiger partial charge in [0.05, 0.1) is 42.0 Å². The first-order valence-corrected chi connectivity index (χ1v) is 22.6. The summed E-state index contributed by atoms with van der Waals surface area (Å²) < 4.78 is 36.1. The largest absolute Gasteiger partial charge is 1.00 e. The molecule has 3 aromatic carbocycles. The minimum atomic E-state index is -2.54. The minimum absolute atomic E-state index is 0. The number of carboxylic acid groups (broad SMARTS) is 1. The Kier molecular flexibility index (Phi) is 16.2. The molecule has 1 heterocycles. The Balaban J connectivity index is 0.00000825. The van der Waals surface area contributed by atoms with Crippen molar-refractivity contribution in [2.75, 3.05) is 6.61 Å². The Hall–Kier alpha value is -5.80. The Morgan fingerprint density at radius 3 is 1.96 bits per heavy atom. The smallest absolute Gasteiger partial charge is 0.547 e. The molecular weight excluding hydrogens is 938 g/mol. The van der Waals surface area contributed by atoms with E-state index in [1.54, 1.807) is 54.6 Å². The first-order chi connectivity index (χ1) is 33.0. The van der Waals surface area contributed by atoms with Crippen LogP contribution in [0.25, 0.3) is 0 Å². The molecule has 0 radical (unpaired) electrons.